The SMILES string of the molecule is N#Cc1c(F)cccc1S(=O)(=O)N1CCNC(=O)CC1. The topological polar surface area (TPSA) is 90.3 Å². The molecule has 0 radical (unpaired) electrons. The number of carbonyl (C=O) groups excluding carboxylic acids is 1. The van der Waals surface area contributed by atoms with Gasteiger partial charge in [-0.05, 0) is 12.1 Å². The average molecular weight is 297 g/mol. The summed E-state index contributed by atoms with van der Waals surface area (Å²) in [6.07, 6.45) is 0.0381. The molecule has 20 heavy (non-hydrogen) atoms. The van der Waals surface area contributed by atoms with Gasteiger partial charge in [-0.1, -0.05) is 6.07 Å². The summed E-state index contributed by atoms with van der Waals surface area (Å²) in [5.41, 5.74) is -0.504. The molecule has 106 valence electrons. The fraction of sp³-hybridized carbons (Fsp3) is 0.333. The molecular weight excluding hydrogens is 285 g/mol. The average Bonchev–Trinajstić information content (AvgIpc) is 2.63. The third kappa shape index (κ3) is 2.64. The van der Waals surface area contributed by atoms with E-state index in [2.05, 4.69) is 5.32 Å². The highest BCUT2D eigenvalue weighted by molar-refractivity contribution is 7.89. The summed E-state index contributed by atoms with van der Waals surface area (Å²) in [4.78, 5) is 10.9. The normalized spacial score (nSPS) is 17.1. The maximum atomic E-state index is 13.5. The van der Waals surface area contributed by atoms with Crippen LogP contribution in [0.5, 0.6) is 0 Å². The fourth-order valence-corrected chi connectivity index (χ4v) is 3.55. The van der Waals surface area contributed by atoms with Crippen LogP contribution < -0.4 is 5.32 Å². The predicted molar refractivity (Wildman–Crippen MR) is 67.5 cm³/mol. The van der Waals surface area contributed by atoms with Gasteiger partial charge in [0.1, 0.15) is 22.3 Å². The molecule has 0 unspecified atom stereocenters. The quantitative estimate of drug-likeness (QED) is 0.844. The molecule has 1 amide bonds. The number of hydrogen-bond acceptors (Lipinski definition) is 4. The molecule has 0 atom stereocenters. The van der Waals surface area contributed by atoms with Gasteiger partial charge in [-0.15, -0.1) is 0 Å². The molecule has 0 aliphatic carbocycles. The second-order valence-corrected chi connectivity index (χ2v) is 6.14. The lowest BCUT2D eigenvalue weighted by Gasteiger charge is -2.19. The zero-order valence-electron chi connectivity index (χ0n) is 10.5. The minimum Gasteiger partial charge on any atom is -0.355 e. The molecule has 1 heterocycles. The molecule has 6 nitrogen and oxygen atoms in total. The Morgan fingerprint density at radius 3 is 2.80 bits per heavy atom. The maximum absolute atomic E-state index is 13.5. The molecule has 1 saturated heterocycles. The van der Waals surface area contributed by atoms with Crippen molar-refractivity contribution < 1.29 is 17.6 Å². The van der Waals surface area contributed by atoms with E-state index in [4.69, 9.17) is 5.26 Å². The molecule has 0 saturated carbocycles. The fourth-order valence-electron chi connectivity index (χ4n) is 1.95. The Labute approximate surface area is 115 Å². The van der Waals surface area contributed by atoms with Gasteiger partial charge in [-0.25, -0.2) is 12.8 Å². The van der Waals surface area contributed by atoms with Gasteiger partial charge < -0.3 is 5.32 Å². The zero-order valence-corrected chi connectivity index (χ0v) is 11.3. The van der Waals surface area contributed by atoms with E-state index in [1.165, 1.54) is 12.1 Å². The van der Waals surface area contributed by atoms with Crippen LogP contribution in [-0.2, 0) is 14.8 Å². The van der Waals surface area contributed by atoms with Gasteiger partial charge in [0.05, 0.1) is 0 Å². The first-order valence-corrected chi connectivity index (χ1v) is 7.36. The number of nitrogens with zero attached hydrogens (tertiary/aromatic N) is 2. The van der Waals surface area contributed by atoms with Crippen LogP contribution in [0.4, 0.5) is 4.39 Å². The number of rotatable bonds is 2. The number of halogens is 1. The third-order valence-electron chi connectivity index (χ3n) is 2.98. The van der Waals surface area contributed by atoms with Crippen LogP contribution in [0.1, 0.15) is 12.0 Å². The summed E-state index contributed by atoms with van der Waals surface area (Å²) in [7, 11) is -4.00. The van der Waals surface area contributed by atoms with Gasteiger partial charge in [0.15, 0.2) is 0 Å². The van der Waals surface area contributed by atoms with Crippen molar-refractivity contribution in [2.45, 2.75) is 11.3 Å². The largest absolute Gasteiger partial charge is 0.355 e. The number of amides is 1. The van der Waals surface area contributed by atoms with Crippen molar-refractivity contribution in [3.63, 3.8) is 0 Å². The first-order valence-electron chi connectivity index (χ1n) is 5.92. The van der Waals surface area contributed by atoms with E-state index >= 15 is 0 Å². The molecule has 1 aromatic rings. The Morgan fingerprint density at radius 1 is 1.35 bits per heavy atom. The minimum atomic E-state index is -4.00. The Kier molecular flexibility index (Phi) is 4.01. The summed E-state index contributed by atoms with van der Waals surface area (Å²) >= 11 is 0. The second-order valence-electron chi connectivity index (χ2n) is 4.23. The first kappa shape index (κ1) is 14.4. The van der Waals surface area contributed by atoms with Crippen molar-refractivity contribution in [1.29, 1.82) is 5.26 Å². The highest BCUT2D eigenvalue weighted by Gasteiger charge is 2.29. The van der Waals surface area contributed by atoms with Crippen LogP contribution in [0.25, 0.3) is 0 Å². The van der Waals surface area contributed by atoms with Crippen LogP contribution in [0.2, 0.25) is 0 Å². The minimum absolute atomic E-state index is 0.00947. The van der Waals surface area contributed by atoms with E-state index in [9.17, 15) is 17.6 Å². The van der Waals surface area contributed by atoms with E-state index in [1.54, 1.807) is 6.07 Å². The lowest BCUT2D eigenvalue weighted by atomic mass is 10.2. The molecule has 0 aromatic heterocycles. The van der Waals surface area contributed by atoms with Crippen molar-refractivity contribution in [1.82, 2.24) is 9.62 Å². The lowest BCUT2D eigenvalue weighted by Crippen LogP contribution is -2.34. The van der Waals surface area contributed by atoms with Gasteiger partial charge >= 0.3 is 0 Å². The smallest absolute Gasteiger partial charge is 0.244 e. The second kappa shape index (κ2) is 5.56. The number of benzene rings is 1. The number of carbonyl (C=O) groups is 1. The van der Waals surface area contributed by atoms with E-state index in [-0.39, 0.29) is 36.9 Å². The molecule has 0 spiro atoms. The standard InChI is InChI=1S/C12H12FN3O3S/c13-10-2-1-3-11(9(10)8-14)20(18,19)16-6-4-12(17)15-5-7-16/h1-3H,4-7H2,(H,15,17). The Bertz CT molecular complexity index is 682. The molecule has 1 aromatic carbocycles. The lowest BCUT2D eigenvalue weighted by molar-refractivity contribution is -0.120. The number of hydrogen-bond donors (Lipinski definition) is 1. The summed E-state index contributed by atoms with van der Waals surface area (Å²) in [6, 6.07) is 5.03. The van der Waals surface area contributed by atoms with E-state index in [0.717, 1.165) is 10.4 Å². The Balaban J connectivity index is 2.43. The Morgan fingerprint density at radius 2 is 2.10 bits per heavy atom. The number of nitriles is 1. The van der Waals surface area contributed by atoms with E-state index in [0.29, 0.717) is 0 Å². The molecule has 0 bridgehead atoms. The van der Waals surface area contributed by atoms with E-state index in [1.807, 2.05) is 0 Å². The molecule has 1 aliphatic rings. The maximum Gasteiger partial charge on any atom is 0.244 e. The zero-order chi connectivity index (χ0) is 14.8. The summed E-state index contributed by atoms with van der Waals surface area (Å²) in [6.45, 7) is 0.292. The van der Waals surface area contributed by atoms with E-state index < -0.39 is 21.4 Å². The van der Waals surface area contributed by atoms with Crippen molar-refractivity contribution in [2.24, 2.45) is 0 Å². The molecule has 2 rings (SSSR count). The third-order valence-corrected chi connectivity index (χ3v) is 4.92. The van der Waals surface area contributed by atoms with Gasteiger partial charge in [-0.2, -0.15) is 9.57 Å². The molecular formula is C12H12FN3O3S. The molecule has 1 aliphatic heterocycles. The molecule has 8 heteroatoms. The van der Waals surface area contributed by atoms with Gasteiger partial charge in [0, 0.05) is 26.1 Å². The summed E-state index contributed by atoms with van der Waals surface area (Å²) in [5, 5.41) is 11.5. The van der Waals surface area contributed by atoms with Crippen molar-refractivity contribution in [2.75, 3.05) is 19.6 Å². The Hall–Kier alpha value is -1.98. The van der Waals surface area contributed by atoms with Crippen molar-refractivity contribution in [3.8, 4) is 6.07 Å². The monoisotopic (exact) mass is 297 g/mol. The van der Waals surface area contributed by atoms with Gasteiger partial charge in [0.2, 0.25) is 15.9 Å². The van der Waals surface area contributed by atoms with Crippen molar-refractivity contribution in [3.05, 3.63) is 29.6 Å². The van der Waals surface area contributed by atoms with Crippen LogP contribution in [-0.4, -0.2) is 38.3 Å². The van der Waals surface area contributed by atoms with Crippen LogP contribution in [0.3, 0.4) is 0 Å². The van der Waals surface area contributed by atoms with Crippen LogP contribution >= 0.6 is 0 Å². The molecule has 1 N–H and O–H groups in total. The highest BCUT2D eigenvalue weighted by atomic mass is 32.2. The summed E-state index contributed by atoms with van der Waals surface area (Å²) < 4.78 is 39.5. The van der Waals surface area contributed by atoms with Gasteiger partial charge in [0.25, 0.3) is 0 Å². The van der Waals surface area contributed by atoms with Crippen molar-refractivity contribution >= 4 is 15.9 Å². The predicted octanol–water partition coefficient (Wildman–Crippen LogP) is 0.208. The van der Waals surface area contributed by atoms with Crippen LogP contribution in [0.15, 0.2) is 23.1 Å². The number of sulfonamides is 1. The molecule has 1 fully saturated rings. The summed E-state index contributed by atoms with van der Waals surface area (Å²) in [5.74, 6) is -1.11. The highest BCUT2D eigenvalue weighted by Crippen LogP contribution is 2.22. The van der Waals surface area contributed by atoms with Crippen LogP contribution in [0, 0.1) is 17.1 Å². The van der Waals surface area contributed by atoms with Gasteiger partial charge in [-0.3, -0.25) is 4.79 Å². The first-order chi connectivity index (χ1) is 9.46. The number of nitrogens with one attached hydrogen (secondary N) is 1.